The third kappa shape index (κ3) is 2.22. The van der Waals surface area contributed by atoms with E-state index in [9.17, 15) is 0 Å². The molecule has 0 unspecified atom stereocenters. The zero-order valence-electron chi connectivity index (χ0n) is 8.74. The Bertz CT molecular complexity index is 273. The van der Waals surface area contributed by atoms with Gasteiger partial charge in [-0.05, 0) is 31.9 Å². The number of aryl methyl sites for hydroxylation is 1. The van der Waals surface area contributed by atoms with Gasteiger partial charge in [0.25, 0.3) is 0 Å². The Morgan fingerprint density at radius 3 is 2.29 bits per heavy atom. The molecule has 0 atom stereocenters. The van der Waals surface area contributed by atoms with E-state index in [2.05, 4.69) is 21.2 Å². The van der Waals surface area contributed by atoms with Crippen LogP contribution in [-0.2, 0) is 0 Å². The van der Waals surface area contributed by atoms with Crippen LogP contribution in [0.2, 0.25) is 0 Å². The van der Waals surface area contributed by atoms with E-state index in [1.165, 1.54) is 25.7 Å². The third-order valence-electron chi connectivity index (χ3n) is 2.71. The van der Waals surface area contributed by atoms with Gasteiger partial charge in [-0.2, -0.15) is 5.10 Å². The molecule has 0 radical (unpaired) electrons. The van der Waals surface area contributed by atoms with Crippen molar-refractivity contribution < 1.29 is 0 Å². The van der Waals surface area contributed by atoms with E-state index in [0.29, 0.717) is 0 Å². The van der Waals surface area contributed by atoms with Crippen molar-refractivity contribution in [3.63, 3.8) is 0 Å². The maximum Gasteiger partial charge on any atom is 0.151 e. The van der Waals surface area contributed by atoms with Crippen molar-refractivity contribution in [1.82, 2.24) is 10.2 Å². The van der Waals surface area contributed by atoms with Crippen LogP contribution in [0, 0.1) is 6.92 Å². The van der Waals surface area contributed by atoms with Crippen molar-refractivity contribution in [3.8, 4) is 0 Å². The maximum atomic E-state index is 4.22. The van der Waals surface area contributed by atoms with Crippen molar-refractivity contribution in [3.05, 3.63) is 17.8 Å². The summed E-state index contributed by atoms with van der Waals surface area (Å²) in [5.41, 5.74) is 0.989. The summed E-state index contributed by atoms with van der Waals surface area (Å²) >= 11 is 0. The van der Waals surface area contributed by atoms with E-state index in [4.69, 9.17) is 0 Å². The van der Waals surface area contributed by atoms with E-state index in [1.807, 2.05) is 13.0 Å². The van der Waals surface area contributed by atoms with E-state index in [-0.39, 0.29) is 0 Å². The highest BCUT2D eigenvalue weighted by molar-refractivity contribution is 5.37. The summed E-state index contributed by atoms with van der Waals surface area (Å²) in [6.07, 6.45) is 5.29. The summed E-state index contributed by atoms with van der Waals surface area (Å²) in [5.74, 6) is 1.04. The van der Waals surface area contributed by atoms with E-state index in [1.54, 1.807) is 0 Å². The quantitative estimate of drug-likeness (QED) is 0.681. The van der Waals surface area contributed by atoms with Crippen LogP contribution in [0.15, 0.2) is 12.1 Å². The van der Waals surface area contributed by atoms with Crippen molar-refractivity contribution in [2.24, 2.45) is 0 Å². The average Bonchev–Trinajstić information content (AvgIpc) is 2.47. The van der Waals surface area contributed by atoms with Crippen LogP contribution in [-0.4, -0.2) is 23.3 Å². The molecule has 0 saturated carbocycles. The number of rotatable bonds is 1. The van der Waals surface area contributed by atoms with Crippen LogP contribution in [0.4, 0.5) is 5.82 Å². The highest BCUT2D eigenvalue weighted by Gasteiger charge is 2.10. The monoisotopic (exact) mass is 191 g/mol. The summed E-state index contributed by atoms with van der Waals surface area (Å²) in [4.78, 5) is 2.35. The molecule has 1 aliphatic rings. The van der Waals surface area contributed by atoms with Gasteiger partial charge < -0.3 is 4.90 Å². The fourth-order valence-electron chi connectivity index (χ4n) is 1.86. The molecule has 3 nitrogen and oxygen atoms in total. The molecule has 1 fully saturated rings. The highest BCUT2D eigenvalue weighted by Crippen LogP contribution is 2.16. The molecule has 0 aromatic carbocycles. The molecular weight excluding hydrogens is 174 g/mol. The number of anilines is 1. The van der Waals surface area contributed by atoms with Crippen molar-refractivity contribution in [2.75, 3.05) is 18.0 Å². The molecule has 0 amide bonds. The molecule has 1 aliphatic heterocycles. The van der Waals surface area contributed by atoms with Gasteiger partial charge in [0.15, 0.2) is 5.82 Å². The Kier molecular flexibility index (Phi) is 2.96. The maximum absolute atomic E-state index is 4.22. The van der Waals surface area contributed by atoms with E-state index >= 15 is 0 Å². The summed E-state index contributed by atoms with van der Waals surface area (Å²) in [7, 11) is 0. The SMILES string of the molecule is Cc1ccc(N2CCCCCC2)nn1. The van der Waals surface area contributed by atoms with Gasteiger partial charge in [-0.3, -0.25) is 0 Å². The first-order valence-corrected chi connectivity index (χ1v) is 5.41. The van der Waals surface area contributed by atoms with E-state index < -0.39 is 0 Å². The van der Waals surface area contributed by atoms with Crippen molar-refractivity contribution >= 4 is 5.82 Å². The normalized spacial score (nSPS) is 17.9. The van der Waals surface area contributed by atoms with Gasteiger partial charge >= 0.3 is 0 Å². The predicted molar refractivity (Wildman–Crippen MR) is 57.5 cm³/mol. The lowest BCUT2D eigenvalue weighted by Crippen LogP contribution is -2.25. The topological polar surface area (TPSA) is 29.0 Å². The fourth-order valence-corrected chi connectivity index (χ4v) is 1.86. The zero-order chi connectivity index (χ0) is 9.80. The number of nitrogens with zero attached hydrogens (tertiary/aromatic N) is 3. The molecule has 0 N–H and O–H groups in total. The van der Waals surface area contributed by atoms with Gasteiger partial charge in [-0.1, -0.05) is 12.8 Å². The van der Waals surface area contributed by atoms with Crippen molar-refractivity contribution in [1.29, 1.82) is 0 Å². The molecule has 14 heavy (non-hydrogen) atoms. The third-order valence-corrected chi connectivity index (χ3v) is 2.71. The lowest BCUT2D eigenvalue weighted by Gasteiger charge is -2.20. The molecule has 0 spiro atoms. The molecule has 0 aliphatic carbocycles. The van der Waals surface area contributed by atoms with Gasteiger partial charge in [0, 0.05) is 13.1 Å². The summed E-state index contributed by atoms with van der Waals surface area (Å²) in [6, 6.07) is 4.11. The van der Waals surface area contributed by atoms with Crippen LogP contribution < -0.4 is 4.90 Å². The smallest absolute Gasteiger partial charge is 0.151 e. The number of hydrogen-bond donors (Lipinski definition) is 0. The Morgan fingerprint density at radius 1 is 1.00 bits per heavy atom. The second-order valence-corrected chi connectivity index (χ2v) is 3.93. The van der Waals surface area contributed by atoms with Gasteiger partial charge in [0.2, 0.25) is 0 Å². The molecule has 0 bridgehead atoms. The zero-order valence-corrected chi connectivity index (χ0v) is 8.74. The van der Waals surface area contributed by atoms with Crippen LogP contribution in [0.1, 0.15) is 31.4 Å². The Labute approximate surface area is 85.1 Å². The highest BCUT2D eigenvalue weighted by atomic mass is 15.3. The molecule has 1 saturated heterocycles. The summed E-state index contributed by atoms with van der Waals surface area (Å²) in [6.45, 7) is 4.24. The number of aromatic nitrogens is 2. The summed E-state index contributed by atoms with van der Waals surface area (Å²) in [5, 5.41) is 8.31. The lowest BCUT2D eigenvalue weighted by molar-refractivity contribution is 0.726. The second-order valence-electron chi connectivity index (χ2n) is 3.93. The molecule has 2 heterocycles. The fraction of sp³-hybridized carbons (Fsp3) is 0.636. The minimum atomic E-state index is 0.989. The van der Waals surface area contributed by atoms with Crippen LogP contribution >= 0.6 is 0 Å². The second kappa shape index (κ2) is 4.40. The van der Waals surface area contributed by atoms with Gasteiger partial charge in [0.05, 0.1) is 5.69 Å². The molecular formula is C11H17N3. The standard InChI is InChI=1S/C11H17N3/c1-10-6-7-11(13-12-10)14-8-4-2-3-5-9-14/h6-7H,2-5,8-9H2,1H3. The minimum Gasteiger partial charge on any atom is -0.355 e. The van der Waals surface area contributed by atoms with Gasteiger partial charge in [0.1, 0.15) is 0 Å². The largest absolute Gasteiger partial charge is 0.355 e. The molecule has 3 heteroatoms. The van der Waals surface area contributed by atoms with Gasteiger partial charge in [-0.15, -0.1) is 5.10 Å². The molecule has 1 aromatic heterocycles. The lowest BCUT2D eigenvalue weighted by atomic mass is 10.2. The molecule has 2 rings (SSSR count). The molecule has 76 valence electrons. The van der Waals surface area contributed by atoms with Crippen LogP contribution in [0.5, 0.6) is 0 Å². The Balaban J connectivity index is 2.08. The first-order valence-electron chi connectivity index (χ1n) is 5.41. The Morgan fingerprint density at radius 2 is 1.71 bits per heavy atom. The Hall–Kier alpha value is -1.12. The van der Waals surface area contributed by atoms with Crippen LogP contribution in [0.25, 0.3) is 0 Å². The average molecular weight is 191 g/mol. The van der Waals surface area contributed by atoms with Crippen molar-refractivity contribution in [2.45, 2.75) is 32.6 Å². The molecule has 1 aromatic rings. The first-order chi connectivity index (χ1) is 6.86. The first kappa shape index (κ1) is 9.44. The minimum absolute atomic E-state index is 0.989. The van der Waals surface area contributed by atoms with Crippen LogP contribution in [0.3, 0.4) is 0 Å². The van der Waals surface area contributed by atoms with Gasteiger partial charge in [-0.25, -0.2) is 0 Å². The summed E-state index contributed by atoms with van der Waals surface area (Å²) < 4.78 is 0. The predicted octanol–water partition coefficient (Wildman–Crippen LogP) is 2.17. The number of hydrogen-bond acceptors (Lipinski definition) is 3. The van der Waals surface area contributed by atoms with E-state index in [0.717, 1.165) is 24.6 Å².